The van der Waals surface area contributed by atoms with Crippen LogP contribution in [0.4, 0.5) is 0 Å². The predicted octanol–water partition coefficient (Wildman–Crippen LogP) is 2.31. The Morgan fingerprint density at radius 3 is 2.67 bits per heavy atom. The Morgan fingerprint density at radius 1 is 1.26 bits per heavy atom. The molecule has 7 nitrogen and oxygen atoms in total. The van der Waals surface area contributed by atoms with Crippen molar-refractivity contribution in [2.75, 3.05) is 19.6 Å². The second-order valence-corrected chi connectivity index (χ2v) is 6.34. The monoisotopic (exact) mass is 371 g/mol. The van der Waals surface area contributed by atoms with Crippen LogP contribution < -0.4 is 10.6 Å². The summed E-state index contributed by atoms with van der Waals surface area (Å²) in [5.41, 5.74) is 2.27. The Labute approximate surface area is 160 Å². The number of aliphatic imine (C=N–C) groups is 1. The minimum Gasteiger partial charge on any atom is -0.463 e. The van der Waals surface area contributed by atoms with Crippen molar-refractivity contribution < 1.29 is 9.53 Å². The summed E-state index contributed by atoms with van der Waals surface area (Å²) in [6.45, 7) is 7.62. The fourth-order valence-electron chi connectivity index (χ4n) is 2.48. The van der Waals surface area contributed by atoms with Crippen molar-refractivity contribution in [3.63, 3.8) is 0 Å². The van der Waals surface area contributed by atoms with Crippen molar-refractivity contribution in [3.8, 4) is 5.69 Å². The summed E-state index contributed by atoms with van der Waals surface area (Å²) in [7, 11) is 0. The molecule has 0 amide bonds. The van der Waals surface area contributed by atoms with Gasteiger partial charge in [0.05, 0.1) is 24.8 Å². The number of carbonyl (C=O) groups excluding carboxylic acids is 1. The average molecular weight is 371 g/mol. The molecular weight excluding hydrogens is 342 g/mol. The molecule has 0 saturated carbocycles. The lowest BCUT2D eigenvalue weighted by Crippen LogP contribution is -2.38. The molecule has 146 valence electrons. The lowest BCUT2D eigenvalue weighted by Gasteiger charge is -2.12. The molecule has 0 aliphatic carbocycles. The van der Waals surface area contributed by atoms with Crippen LogP contribution in [-0.4, -0.2) is 47.4 Å². The molecule has 0 aliphatic heterocycles. The average Bonchev–Trinajstić information content (AvgIpc) is 3.16. The van der Waals surface area contributed by atoms with Crippen LogP contribution in [0.2, 0.25) is 0 Å². The van der Waals surface area contributed by atoms with E-state index in [1.165, 1.54) is 5.56 Å². The van der Waals surface area contributed by atoms with Crippen molar-refractivity contribution in [3.05, 3.63) is 48.3 Å². The van der Waals surface area contributed by atoms with Crippen LogP contribution in [0.15, 0.2) is 47.7 Å². The summed E-state index contributed by atoms with van der Waals surface area (Å²) in [5, 5.41) is 10.7. The highest BCUT2D eigenvalue weighted by Crippen LogP contribution is 2.08. The van der Waals surface area contributed by atoms with Crippen LogP contribution in [0.3, 0.4) is 0 Å². The van der Waals surface area contributed by atoms with Crippen molar-refractivity contribution in [2.45, 2.75) is 39.7 Å². The topological polar surface area (TPSA) is 80.5 Å². The largest absolute Gasteiger partial charge is 0.463 e. The van der Waals surface area contributed by atoms with Gasteiger partial charge in [0.2, 0.25) is 0 Å². The quantitative estimate of drug-likeness (QED) is 0.402. The maximum atomic E-state index is 11.6. The highest BCUT2D eigenvalue weighted by atomic mass is 16.5. The van der Waals surface area contributed by atoms with Gasteiger partial charge in [-0.15, -0.1) is 0 Å². The molecule has 2 rings (SSSR count). The molecule has 1 aromatic heterocycles. The molecular formula is C20H29N5O2. The number of hydrogen-bond acceptors (Lipinski definition) is 4. The van der Waals surface area contributed by atoms with Gasteiger partial charge in [0, 0.05) is 25.5 Å². The number of hydrogen-bond donors (Lipinski definition) is 2. The van der Waals surface area contributed by atoms with Gasteiger partial charge in [0.25, 0.3) is 0 Å². The third kappa shape index (κ3) is 7.52. The minimum atomic E-state index is -0.220. The number of esters is 1. The van der Waals surface area contributed by atoms with Gasteiger partial charge in [0.15, 0.2) is 5.96 Å². The Balaban J connectivity index is 1.78. The lowest BCUT2D eigenvalue weighted by atomic mass is 10.1. The van der Waals surface area contributed by atoms with Crippen LogP contribution in [0.1, 0.15) is 32.8 Å². The van der Waals surface area contributed by atoms with Gasteiger partial charge < -0.3 is 15.4 Å². The maximum Gasteiger partial charge on any atom is 0.307 e. The van der Waals surface area contributed by atoms with E-state index in [0.717, 1.165) is 25.2 Å². The van der Waals surface area contributed by atoms with E-state index in [1.807, 2.05) is 37.7 Å². The van der Waals surface area contributed by atoms with E-state index < -0.39 is 0 Å². The summed E-state index contributed by atoms with van der Waals surface area (Å²) in [4.78, 5) is 16.0. The number of guanidine groups is 1. The highest BCUT2D eigenvalue weighted by Gasteiger charge is 2.05. The molecule has 0 atom stereocenters. The van der Waals surface area contributed by atoms with Crippen molar-refractivity contribution >= 4 is 11.9 Å². The molecule has 1 aromatic carbocycles. The summed E-state index contributed by atoms with van der Waals surface area (Å²) < 4.78 is 6.95. The number of rotatable bonds is 9. The first-order chi connectivity index (χ1) is 13.1. The fourth-order valence-corrected chi connectivity index (χ4v) is 2.48. The fraction of sp³-hybridized carbons (Fsp3) is 0.450. The zero-order valence-corrected chi connectivity index (χ0v) is 16.3. The predicted molar refractivity (Wildman–Crippen MR) is 107 cm³/mol. The summed E-state index contributed by atoms with van der Waals surface area (Å²) in [5.74, 6) is 0.491. The molecule has 1 heterocycles. The Hall–Kier alpha value is -2.83. The zero-order valence-electron chi connectivity index (χ0n) is 16.3. The zero-order chi connectivity index (χ0) is 19.5. The normalized spacial score (nSPS) is 11.5. The number of nitrogens with zero attached hydrogens (tertiary/aromatic N) is 3. The van der Waals surface area contributed by atoms with Crippen molar-refractivity contribution in [1.29, 1.82) is 0 Å². The van der Waals surface area contributed by atoms with Gasteiger partial charge in [-0.2, -0.15) is 5.10 Å². The van der Waals surface area contributed by atoms with Crippen LogP contribution in [0.25, 0.3) is 5.69 Å². The maximum absolute atomic E-state index is 11.6. The third-order valence-corrected chi connectivity index (χ3v) is 3.71. The van der Waals surface area contributed by atoms with Gasteiger partial charge in [0.1, 0.15) is 0 Å². The molecule has 0 saturated heterocycles. The SMILES string of the molecule is CCNC(=NCCC(=O)OC(C)C)NCCc1ccc(-n2cccn2)cc1. The Morgan fingerprint density at radius 2 is 2.04 bits per heavy atom. The molecule has 2 N–H and O–H groups in total. The molecule has 0 fully saturated rings. The number of nitrogens with one attached hydrogen (secondary N) is 2. The first kappa shape index (κ1) is 20.5. The summed E-state index contributed by atoms with van der Waals surface area (Å²) in [6, 6.07) is 10.2. The van der Waals surface area contributed by atoms with Gasteiger partial charge in [-0.25, -0.2) is 4.68 Å². The molecule has 7 heteroatoms. The number of carbonyl (C=O) groups is 1. The van der Waals surface area contributed by atoms with E-state index in [4.69, 9.17) is 4.74 Å². The van der Waals surface area contributed by atoms with E-state index in [2.05, 4.69) is 45.0 Å². The van der Waals surface area contributed by atoms with Crippen molar-refractivity contribution in [2.24, 2.45) is 4.99 Å². The summed E-state index contributed by atoms with van der Waals surface area (Å²) >= 11 is 0. The molecule has 0 bridgehead atoms. The molecule has 0 aliphatic rings. The number of ether oxygens (including phenoxy) is 1. The van der Waals surface area contributed by atoms with Gasteiger partial charge in [-0.3, -0.25) is 9.79 Å². The Bertz CT molecular complexity index is 708. The molecule has 0 radical (unpaired) electrons. The minimum absolute atomic E-state index is 0.0903. The smallest absolute Gasteiger partial charge is 0.307 e. The van der Waals surface area contributed by atoms with E-state index >= 15 is 0 Å². The highest BCUT2D eigenvalue weighted by molar-refractivity contribution is 5.80. The molecule has 0 spiro atoms. The lowest BCUT2D eigenvalue weighted by molar-refractivity contribution is -0.147. The van der Waals surface area contributed by atoms with Gasteiger partial charge in [-0.05, 0) is 51.0 Å². The Kier molecular flexibility index (Phi) is 8.35. The standard InChI is InChI=1S/C20H29N5O2/c1-4-21-20(23-14-11-19(26)27-16(2)3)22-13-10-17-6-8-18(9-7-17)25-15-5-12-24-25/h5-9,12,15-16H,4,10-11,13-14H2,1-3H3,(H2,21,22,23). The second-order valence-electron chi connectivity index (χ2n) is 6.34. The van der Waals surface area contributed by atoms with E-state index in [-0.39, 0.29) is 18.5 Å². The van der Waals surface area contributed by atoms with Crippen LogP contribution in [-0.2, 0) is 16.0 Å². The number of aromatic nitrogens is 2. The second kappa shape index (κ2) is 11.0. The number of benzene rings is 1. The third-order valence-electron chi connectivity index (χ3n) is 3.71. The molecule has 0 unspecified atom stereocenters. The first-order valence-corrected chi connectivity index (χ1v) is 9.39. The van der Waals surface area contributed by atoms with Crippen molar-refractivity contribution in [1.82, 2.24) is 20.4 Å². The van der Waals surface area contributed by atoms with E-state index in [9.17, 15) is 4.79 Å². The van der Waals surface area contributed by atoms with Crippen LogP contribution >= 0.6 is 0 Å². The van der Waals surface area contributed by atoms with Gasteiger partial charge in [-0.1, -0.05) is 12.1 Å². The summed E-state index contributed by atoms with van der Waals surface area (Å²) in [6.07, 6.45) is 4.75. The molecule has 2 aromatic rings. The van der Waals surface area contributed by atoms with Crippen LogP contribution in [0.5, 0.6) is 0 Å². The van der Waals surface area contributed by atoms with E-state index in [1.54, 1.807) is 6.20 Å². The first-order valence-electron chi connectivity index (χ1n) is 9.39. The van der Waals surface area contributed by atoms with E-state index in [0.29, 0.717) is 12.5 Å². The van der Waals surface area contributed by atoms with Crippen LogP contribution in [0, 0.1) is 0 Å². The van der Waals surface area contributed by atoms with Gasteiger partial charge >= 0.3 is 5.97 Å². The molecule has 27 heavy (non-hydrogen) atoms.